The number of nitrogens with two attached hydrogens (primary N) is 1. The summed E-state index contributed by atoms with van der Waals surface area (Å²) in [6, 6.07) is 0.528. The van der Waals surface area contributed by atoms with Crippen molar-refractivity contribution in [3.8, 4) is 0 Å². The fourth-order valence-corrected chi connectivity index (χ4v) is 6.19. The Morgan fingerprint density at radius 2 is 1.59 bits per heavy atom. The van der Waals surface area contributed by atoms with Crippen LogP contribution < -0.4 is 27.0 Å². The van der Waals surface area contributed by atoms with E-state index in [1.807, 2.05) is 27.7 Å². The molecule has 1 aliphatic heterocycles. The van der Waals surface area contributed by atoms with Crippen molar-refractivity contribution in [1.82, 2.24) is 26.2 Å². The number of alkyl carbamates (subject to hydrolysis) is 1. The number of amides is 6. The summed E-state index contributed by atoms with van der Waals surface area (Å²) in [6.07, 6.45) is 5.10. The predicted octanol–water partition coefficient (Wildman–Crippen LogP) is 3.56. The molecule has 56 heavy (non-hydrogen) atoms. The van der Waals surface area contributed by atoms with Gasteiger partial charge in [-0.15, -0.1) is 0 Å². The predicted molar refractivity (Wildman–Crippen MR) is 209 cm³/mol. The molecule has 2 aliphatic rings. The summed E-state index contributed by atoms with van der Waals surface area (Å²) in [7, 11) is 0. The second-order valence-corrected chi connectivity index (χ2v) is 15.2. The molecule has 1 saturated carbocycles. The number of Topliss-reactive ketones (excluding diaryl/α,β-unsaturated/α-hetero) is 1. The lowest BCUT2D eigenvalue weighted by Gasteiger charge is -2.34. The SMILES string of the molecule is CC.CC(C)(C)O.CCCC(NC(=O)C1CCCN1C(=O)C(NC(=O)OCC(C)C)C1CCCCC1)C(=O)C(=O)NCC(=O)NC(C(N)=O)c1cccc(F)c1. The van der Waals surface area contributed by atoms with Crippen LogP contribution >= 0.6 is 0 Å². The Labute approximate surface area is 330 Å². The first-order valence-corrected chi connectivity index (χ1v) is 19.7. The molecule has 0 radical (unpaired) electrons. The fraction of sp³-hybridized carbons (Fsp3) is 0.675. The first-order valence-electron chi connectivity index (χ1n) is 19.7. The molecule has 0 bridgehead atoms. The van der Waals surface area contributed by atoms with Crippen LogP contribution in [-0.2, 0) is 33.5 Å². The lowest BCUT2D eigenvalue weighted by Crippen LogP contribution is -2.58. The number of hydrogen-bond acceptors (Lipinski definition) is 9. The molecule has 6 amide bonds. The van der Waals surface area contributed by atoms with Crippen LogP contribution in [0.2, 0.25) is 0 Å². The molecule has 1 heterocycles. The summed E-state index contributed by atoms with van der Waals surface area (Å²) >= 11 is 0. The maximum atomic E-state index is 13.9. The van der Waals surface area contributed by atoms with Crippen molar-refractivity contribution in [3.05, 3.63) is 35.6 Å². The summed E-state index contributed by atoms with van der Waals surface area (Å²) in [5.74, 6) is -5.60. The Morgan fingerprint density at radius 3 is 2.14 bits per heavy atom. The molecule has 1 aromatic carbocycles. The summed E-state index contributed by atoms with van der Waals surface area (Å²) in [6.45, 7) is 14.6. The number of ketones is 1. The highest BCUT2D eigenvalue weighted by molar-refractivity contribution is 6.38. The van der Waals surface area contributed by atoms with Crippen LogP contribution in [-0.4, -0.2) is 94.8 Å². The van der Waals surface area contributed by atoms with Crippen molar-refractivity contribution in [2.75, 3.05) is 19.7 Å². The van der Waals surface area contributed by atoms with Gasteiger partial charge in [-0.25, -0.2) is 9.18 Å². The number of carbonyl (C=O) groups excluding carboxylic acids is 7. The highest BCUT2D eigenvalue weighted by Crippen LogP contribution is 2.29. The van der Waals surface area contributed by atoms with Crippen molar-refractivity contribution in [1.29, 1.82) is 0 Å². The molecule has 2 fully saturated rings. The highest BCUT2D eigenvalue weighted by atomic mass is 19.1. The Balaban J connectivity index is 0.00000207. The largest absolute Gasteiger partial charge is 0.449 e. The van der Waals surface area contributed by atoms with Gasteiger partial charge in [0.25, 0.3) is 5.91 Å². The monoisotopic (exact) mass is 792 g/mol. The van der Waals surface area contributed by atoms with Crippen LogP contribution in [0.25, 0.3) is 0 Å². The van der Waals surface area contributed by atoms with Crippen LogP contribution in [0.5, 0.6) is 0 Å². The van der Waals surface area contributed by atoms with Crippen LogP contribution in [0.15, 0.2) is 24.3 Å². The third kappa shape index (κ3) is 17.9. The Hall–Kier alpha value is -4.60. The summed E-state index contributed by atoms with van der Waals surface area (Å²) < 4.78 is 18.9. The lowest BCUT2D eigenvalue weighted by atomic mass is 9.83. The van der Waals surface area contributed by atoms with Crippen LogP contribution in [0, 0.1) is 17.7 Å². The third-order valence-electron chi connectivity index (χ3n) is 8.66. The number of nitrogens with one attached hydrogen (secondary N) is 4. The molecule has 0 aromatic heterocycles. The molecule has 4 atom stereocenters. The minimum Gasteiger partial charge on any atom is -0.449 e. The van der Waals surface area contributed by atoms with Gasteiger partial charge in [-0.05, 0) is 82.4 Å². The Kier molecular flexibility index (Phi) is 21.9. The number of carbonyl (C=O) groups is 7. The van der Waals surface area contributed by atoms with E-state index in [4.69, 9.17) is 15.6 Å². The molecule has 0 spiro atoms. The topological polar surface area (TPSA) is 226 Å². The van der Waals surface area contributed by atoms with E-state index in [-0.39, 0.29) is 42.9 Å². The first kappa shape index (κ1) is 49.4. The Morgan fingerprint density at radius 1 is 0.964 bits per heavy atom. The average molecular weight is 793 g/mol. The molecule has 16 heteroatoms. The molecule has 1 aliphatic carbocycles. The van der Waals surface area contributed by atoms with Gasteiger partial charge in [0.05, 0.1) is 24.8 Å². The number of ether oxygens (including phenoxy) is 1. The molecule has 7 N–H and O–H groups in total. The van der Waals surface area contributed by atoms with Gasteiger partial charge < -0.3 is 41.7 Å². The van der Waals surface area contributed by atoms with Crippen molar-refractivity contribution in [2.45, 2.75) is 143 Å². The standard InChI is InChI=1S/C34H49FN6O8.C4H10O.C2H6/c1-4-10-24(29(43)32(46)37-18-26(42)39-27(30(36)44)22-13-8-14-23(35)17-22)38-31(45)25-15-9-16-41(25)33(47)28(21-11-6-5-7-12-21)40-34(48)49-19-20(2)3;1-4(2,3)5;1-2/h8,13-14,17,20-21,24-25,27-28H,4-7,9-12,15-16,18-19H2,1-3H3,(H2,36,44)(H,37,46)(H,38,45)(H,39,42)(H,40,48);5H,1-3H3;1-2H3. The number of rotatable bonds is 16. The third-order valence-corrected chi connectivity index (χ3v) is 8.66. The Bertz CT molecular complexity index is 1460. The van der Waals surface area contributed by atoms with E-state index in [9.17, 15) is 38.0 Å². The highest BCUT2D eigenvalue weighted by Gasteiger charge is 2.42. The quantitative estimate of drug-likeness (QED) is 0.134. The van der Waals surface area contributed by atoms with E-state index in [0.717, 1.165) is 44.2 Å². The molecular formula is C40H65FN6O9. The molecule has 316 valence electrons. The number of nitrogens with zero attached hydrogens (tertiary/aromatic N) is 1. The normalized spacial score (nSPS) is 17.1. The van der Waals surface area contributed by atoms with Crippen molar-refractivity contribution < 1.29 is 47.8 Å². The summed E-state index contributed by atoms with van der Waals surface area (Å²) in [5.41, 5.74) is 4.96. The number of halogens is 1. The molecule has 4 unspecified atom stereocenters. The fourth-order valence-electron chi connectivity index (χ4n) is 6.19. The molecule has 3 rings (SSSR count). The van der Waals surface area contributed by atoms with Crippen LogP contribution in [0.3, 0.4) is 0 Å². The molecular weight excluding hydrogens is 727 g/mol. The van der Waals surface area contributed by atoms with E-state index >= 15 is 0 Å². The zero-order valence-corrected chi connectivity index (χ0v) is 34.4. The van der Waals surface area contributed by atoms with Gasteiger partial charge in [-0.1, -0.05) is 72.4 Å². The number of aliphatic hydroxyl groups is 1. The number of likely N-dealkylation sites (tertiary alicyclic amines) is 1. The molecule has 15 nitrogen and oxygen atoms in total. The van der Waals surface area contributed by atoms with Gasteiger partial charge in [-0.2, -0.15) is 0 Å². The van der Waals surface area contributed by atoms with Crippen molar-refractivity contribution >= 4 is 41.4 Å². The van der Waals surface area contributed by atoms with Crippen molar-refractivity contribution in [3.63, 3.8) is 0 Å². The summed E-state index contributed by atoms with van der Waals surface area (Å²) in [4.78, 5) is 91.9. The molecule has 1 saturated heterocycles. The number of primary amides is 1. The smallest absolute Gasteiger partial charge is 0.407 e. The van der Waals surface area contributed by atoms with E-state index in [1.165, 1.54) is 17.0 Å². The van der Waals surface area contributed by atoms with E-state index in [1.54, 1.807) is 27.7 Å². The van der Waals surface area contributed by atoms with Gasteiger partial charge >= 0.3 is 6.09 Å². The van der Waals surface area contributed by atoms with Crippen LogP contribution in [0.1, 0.15) is 125 Å². The van der Waals surface area contributed by atoms with Gasteiger partial charge in [0.15, 0.2) is 0 Å². The average Bonchev–Trinajstić information content (AvgIpc) is 3.64. The second kappa shape index (κ2) is 24.8. The van der Waals surface area contributed by atoms with Gasteiger partial charge in [0, 0.05) is 6.54 Å². The van der Waals surface area contributed by atoms with Gasteiger partial charge in [0.2, 0.25) is 29.4 Å². The van der Waals surface area contributed by atoms with Gasteiger partial charge in [0.1, 0.15) is 23.9 Å². The number of hydrogen-bond donors (Lipinski definition) is 6. The first-order chi connectivity index (χ1) is 26.3. The van der Waals surface area contributed by atoms with E-state index < -0.39 is 77.6 Å². The zero-order valence-electron chi connectivity index (χ0n) is 34.4. The number of benzene rings is 1. The van der Waals surface area contributed by atoms with E-state index in [0.29, 0.717) is 19.3 Å². The summed E-state index contributed by atoms with van der Waals surface area (Å²) in [5, 5.41) is 18.4. The van der Waals surface area contributed by atoms with Gasteiger partial charge in [-0.3, -0.25) is 28.8 Å². The lowest BCUT2D eigenvalue weighted by molar-refractivity contribution is -0.143. The zero-order chi connectivity index (χ0) is 42.6. The second-order valence-electron chi connectivity index (χ2n) is 15.2. The van der Waals surface area contributed by atoms with E-state index in [2.05, 4.69) is 21.3 Å². The van der Waals surface area contributed by atoms with Crippen molar-refractivity contribution in [2.24, 2.45) is 17.6 Å². The minimum atomic E-state index is -1.38. The van der Waals surface area contributed by atoms with Crippen LogP contribution in [0.4, 0.5) is 9.18 Å². The minimum absolute atomic E-state index is 0.0975. The molecule has 1 aromatic rings. The maximum absolute atomic E-state index is 13.9. The maximum Gasteiger partial charge on any atom is 0.407 e.